The molecule has 2 aromatic heterocycles. The lowest BCUT2D eigenvalue weighted by atomic mass is 10.2. The number of nitrogens with zero attached hydrogens (tertiary/aromatic N) is 1. The molecule has 0 unspecified atom stereocenters. The van der Waals surface area contributed by atoms with Gasteiger partial charge in [0, 0.05) is 6.20 Å². The lowest BCUT2D eigenvalue weighted by molar-refractivity contribution is 0.0559. The standard InChI is InChI=1S/C13H14N2O5S/c1-3-9-6-7-14-11(8-9)15-21(17,18)12-5-4-10(20-12)13(16)19-2/h4-8H,3H2,1-2H3,(H,14,15). The van der Waals surface area contributed by atoms with Gasteiger partial charge < -0.3 is 9.15 Å². The molecule has 0 bridgehead atoms. The van der Waals surface area contributed by atoms with E-state index in [0.717, 1.165) is 12.0 Å². The summed E-state index contributed by atoms with van der Waals surface area (Å²) in [6, 6.07) is 5.83. The third kappa shape index (κ3) is 3.40. The summed E-state index contributed by atoms with van der Waals surface area (Å²) in [7, 11) is -2.77. The highest BCUT2D eigenvalue weighted by atomic mass is 32.2. The highest BCUT2D eigenvalue weighted by Gasteiger charge is 2.22. The molecule has 2 aromatic rings. The topological polar surface area (TPSA) is 98.5 Å². The number of aromatic nitrogens is 1. The van der Waals surface area contributed by atoms with Crippen LogP contribution in [0.25, 0.3) is 0 Å². The Labute approximate surface area is 122 Å². The maximum Gasteiger partial charge on any atom is 0.374 e. The van der Waals surface area contributed by atoms with Crippen LogP contribution in [0.5, 0.6) is 0 Å². The Bertz CT molecular complexity index is 751. The molecule has 2 rings (SSSR count). The SMILES string of the molecule is CCc1ccnc(NS(=O)(=O)c2ccc(C(=O)OC)o2)c1. The van der Waals surface area contributed by atoms with Crippen molar-refractivity contribution in [2.75, 3.05) is 11.8 Å². The number of carbonyl (C=O) groups excluding carboxylic acids is 1. The molecule has 0 aliphatic carbocycles. The lowest BCUT2D eigenvalue weighted by Gasteiger charge is -2.05. The second-order valence-electron chi connectivity index (χ2n) is 4.12. The summed E-state index contributed by atoms with van der Waals surface area (Å²) >= 11 is 0. The second kappa shape index (κ2) is 5.96. The predicted octanol–water partition coefficient (Wildman–Crippen LogP) is 1.82. The summed E-state index contributed by atoms with van der Waals surface area (Å²) in [5.41, 5.74) is 0.942. The van der Waals surface area contributed by atoms with Crippen molar-refractivity contribution >= 4 is 21.8 Å². The van der Waals surface area contributed by atoms with Gasteiger partial charge in [-0.05, 0) is 36.2 Å². The van der Waals surface area contributed by atoms with Crippen molar-refractivity contribution < 1.29 is 22.4 Å². The molecule has 0 radical (unpaired) electrons. The van der Waals surface area contributed by atoms with E-state index in [1.165, 1.54) is 25.4 Å². The molecule has 0 amide bonds. The minimum Gasteiger partial charge on any atom is -0.463 e. The van der Waals surface area contributed by atoms with Gasteiger partial charge in [-0.1, -0.05) is 6.92 Å². The second-order valence-corrected chi connectivity index (χ2v) is 5.73. The number of carbonyl (C=O) groups is 1. The average molecular weight is 310 g/mol. The third-order valence-corrected chi connectivity index (χ3v) is 3.93. The van der Waals surface area contributed by atoms with E-state index in [4.69, 9.17) is 4.42 Å². The van der Waals surface area contributed by atoms with Gasteiger partial charge in [-0.3, -0.25) is 4.72 Å². The Kier molecular flexibility index (Phi) is 4.27. The zero-order chi connectivity index (χ0) is 15.5. The first-order chi connectivity index (χ1) is 9.96. The number of sulfonamides is 1. The van der Waals surface area contributed by atoms with Crippen LogP contribution in [0.15, 0.2) is 40.0 Å². The molecule has 0 spiro atoms. The van der Waals surface area contributed by atoms with Gasteiger partial charge in [0.2, 0.25) is 10.9 Å². The molecule has 7 nitrogen and oxygen atoms in total. The Morgan fingerprint density at radius 1 is 1.38 bits per heavy atom. The first kappa shape index (κ1) is 15.0. The number of nitrogens with one attached hydrogen (secondary N) is 1. The molecule has 112 valence electrons. The van der Waals surface area contributed by atoms with E-state index < -0.39 is 16.0 Å². The smallest absolute Gasteiger partial charge is 0.374 e. The highest BCUT2D eigenvalue weighted by Crippen LogP contribution is 2.18. The van der Waals surface area contributed by atoms with E-state index in [2.05, 4.69) is 14.4 Å². The molecular formula is C13H14N2O5S. The number of methoxy groups -OCH3 is 1. The lowest BCUT2D eigenvalue weighted by Crippen LogP contribution is -2.13. The zero-order valence-electron chi connectivity index (χ0n) is 11.5. The van der Waals surface area contributed by atoms with Gasteiger partial charge in [-0.25, -0.2) is 9.78 Å². The van der Waals surface area contributed by atoms with E-state index >= 15 is 0 Å². The maximum atomic E-state index is 12.1. The number of aryl methyl sites for hydroxylation is 1. The fourth-order valence-corrected chi connectivity index (χ4v) is 2.55. The Balaban J connectivity index is 2.25. The van der Waals surface area contributed by atoms with Crippen LogP contribution >= 0.6 is 0 Å². The van der Waals surface area contributed by atoms with Crippen molar-refractivity contribution in [3.63, 3.8) is 0 Å². The van der Waals surface area contributed by atoms with Crippen LogP contribution in [-0.2, 0) is 21.2 Å². The van der Waals surface area contributed by atoms with Crippen LogP contribution in [0, 0.1) is 0 Å². The molecule has 0 aliphatic heterocycles. The third-order valence-electron chi connectivity index (χ3n) is 2.70. The van der Waals surface area contributed by atoms with Gasteiger partial charge in [0.15, 0.2) is 0 Å². The summed E-state index contributed by atoms with van der Waals surface area (Å²) < 4.78 is 36.0. The normalized spacial score (nSPS) is 11.1. The molecule has 0 aliphatic rings. The summed E-state index contributed by atoms with van der Waals surface area (Å²) in [5, 5.41) is -0.383. The van der Waals surface area contributed by atoms with Crippen molar-refractivity contribution in [3.05, 3.63) is 41.8 Å². The van der Waals surface area contributed by atoms with Crippen LogP contribution in [0.3, 0.4) is 0 Å². The number of hydrogen-bond donors (Lipinski definition) is 1. The number of hydrogen-bond acceptors (Lipinski definition) is 6. The fraction of sp³-hybridized carbons (Fsp3) is 0.231. The molecule has 21 heavy (non-hydrogen) atoms. The van der Waals surface area contributed by atoms with Gasteiger partial charge in [0.1, 0.15) is 5.82 Å². The van der Waals surface area contributed by atoms with E-state index in [1.54, 1.807) is 12.1 Å². The van der Waals surface area contributed by atoms with Crippen molar-refractivity contribution in [2.45, 2.75) is 18.4 Å². The largest absolute Gasteiger partial charge is 0.463 e. The molecule has 0 aromatic carbocycles. The molecule has 0 atom stereocenters. The van der Waals surface area contributed by atoms with Crippen LogP contribution in [0.2, 0.25) is 0 Å². The van der Waals surface area contributed by atoms with E-state index in [-0.39, 0.29) is 16.7 Å². The number of rotatable bonds is 5. The Hall–Kier alpha value is -2.35. The average Bonchev–Trinajstić information content (AvgIpc) is 2.97. The summed E-state index contributed by atoms with van der Waals surface area (Å²) in [6.07, 6.45) is 2.27. The van der Waals surface area contributed by atoms with Gasteiger partial charge in [-0.2, -0.15) is 8.42 Å². The Morgan fingerprint density at radius 2 is 2.14 bits per heavy atom. The summed E-state index contributed by atoms with van der Waals surface area (Å²) in [4.78, 5) is 15.2. The number of ether oxygens (including phenoxy) is 1. The predicted molar refractivity (Wildman–Crippen MR) is 74.5 cm³/mol. The van der Waals surface area contributed by atoms with E-state index in [0.29, 0.717) is 0 Å². The van der Waals surface area contributed by atoms with Crippen LogP contribution in [0.1, 0.15) is 23.0 Å². The summed E-state index contributed by atoms with van der Waals surface area (Å²) in [6.45, 7) is 1.95. The van der Waals surface area contributed by atoms with Crippen LogP contribution < -0.4 is 4.72 Å². The first-order valence-electron chi connectivity index (χ1n) is 6.12. The maximum absolute atomic E-state index is 12.1. The Morgan fingerprint density at radius 3 is 2.81 bits per heavy atom. The van der Waals surface area contributed by atoms with Gasteiger partial charge in [0.05, 0.1) is 7.11 Å². The molecule has 1 N–H and O–H groups in total. The summed E-state index contributed by atoms with van der Waals surface area (Å²) in [5.74, 6) is -0.749. The fourth-order valence-electron chi connectivity index (χ4n) is 1.61. The molecule has 0 fully saturated rings. The van der Waals surface area contributed by atoms with Gasteiger partial charge >= 0.3 is 5.97 Å². The van der Waals surface area contributed by atoms with Gasteiger partial charge in [0.25, 0.3) is 10.0 Å². The van der Waals surface area contributed by atoms with Crippen molar-refractivity contribution in [1.82, 2.24) is 4.98 Å². The molecule has 2 heterocycles. The van der Waals surface area contributed by atoms with Crippen LogP contribution in [0.4, 0.5) is 5.82 Å². The molecule has 8 heteroatoms. The zero-order valence-corrected chi connectivity index (χ0v) is 12.3. The number of anilines is 1. The quantitative estimate of drug-likeness (QED) is 0.846. The van der Waals surface area contributed by atoms with Crippen LogP contribution in [-0.4, -0.2) is 26.5 Å². The van der Waals surface area contributed by atoms with E-state index in [9.17, 15) is 13.2 Å². The van der Waals surface area contributed by atoms with Gasteiger partial charge in [-0.15, -0.1) is 0 Å². The van der Waals surface area contributed by atoms with E-state index in [1.807, 2.05) is 6.92 Å². The van der Waals surface area contributed by atoms with Crippen molar-refractivity contribution in [2.24, 2.45) is 0 Å². The molecule has 0 saturated heterocycles. The highest BCUT2D eigenvalue weighted by molar-refractivity contribution is 7.92. The molecular weight excluding hydrogens is 296 g/mol. The minimum atomic E-state index is -3.95. The monoisotopic (exact) mass is 310 g/mol. The van der Waals surface area contributed by atoms with Crippen molar-refractivity contribution in [3.8, 4) is 0 Å². The first-order valence-corrected chi connectivity index (χ1v) is 7.60. The number of esters is 1. The number of furan rings is 1. The molecule has 0 saturated carbocycles. The van der Waals surface area contributed by atoms with Crippen molar-refractivity contribution in [1.29, 1.82) is 0 Å². The minimum absolute atomic E-state index is 0.186. The number of pyridine rings is 1.